The van der Waals surface area contributed by atoms with Crippen molar-refractivity contribution in [3.8, 4) is 11.1 Å². The molecular formula is C21H25FN2O3S. The molecule has 0 saturated heterocycles. The minimum Gasteiger partial charge on any atom is -0.274 e. The number of halogens is 1. The Kier molecular flexibility index (Phi) is 5.86. The number of amides is 1. The van der Waals surface area contributed by atoms with Gasteiger partial charge in [-0.05, 0) is 55.5 Å². The van der Waals surface area contributed by atoms with Crippen LogP contribution in [0.3, 0.4) is 0 Å². The highest BCUT2D eigenvalue weighted by molar-refractivity contribution is 7.90. The van der Waals surface area contributed by atoms with Crippen LogP contribution in [-0.2, 0) is 10.0 Å². The van der Waals surface area contributed by atoms with Crippen molar-refractivity contribution >= 4 is 15.9 Å². The summed E-state index contributed by atoms with van der Waals surface area (Å²) in [5.74, 6) is -1.48. The monoisotopic (exact) mass is 404 g/mol. The molecule has 0 atom stereocenters. The van der Waals surface area contributed by atoms with Crippen LogP contribution in [0.15, 0.2) is 42.5 Å². The Labute approximate surface area is 165 Å². The van der Waals surface area contributed by atoms with E-state index in [0.29, 0.717) is 24.0 Å². The molecule has 0 spiro atoms. The first-order valence-corrected chi connectivity index (χ1v) is 10.9. The van der Waals surface area contributed by atoms with Crippen molar-refractivity contribution < 1.29 is 17.6 Å². The molecule has 150 valence electrons. The van der Waals surface area contributed by atoms with Crippen LogP contribution < -0.4 is 10.3 Å². The smallest absolute Gasteiger partial charge is 0.269 e. The van der Waals surface area contributed by atoms with Crippen LogP contribution >= 0.6 is 0 Å². The highest BCUT2D eigenvalue weighted by atomic mass is 32.2. The summed E-state index contributed by atoms with van der Waals surface area (Å²) in [5, 5.41) is 0. The lowest BCUT2D eigenvalue weighted by molar-refractivity contribution is 0.0940. The lowest BCUT2D eigenvalue weighted by atomic mass is 9.90. The number of rotatable bonds is 5. The van der Waals surface area contributed by atoms with E-state index in [-0.39, 0.29) is 5.56 Å². The number of nitrogens with one attached hydrogen (secondary N) is 2. The first kappa shape index (κ1) is 20.5. The maximum absolute atomic E-state index is 14.6. The molecule has 0 unspecified atom stereocenters. The summed E-state index contributed by atoms with van der Waals surface area (Å²) in [6.07, 6.45) is 3.75. The quantitative estimate of drug-likeness (QED) is 0.737. The normalized spacial score (nSPS) is 16.5. The fourth-order valence-corrected chi connectivity index (χ4v) is 4.90. The van der Waals surface area contributed by atoms with Gasteiger partial charge in [-0.2, -0.15) is 0 Å². The Morgan fingerprint density at radius 1 is 1.04 bits per heavy atom. The highest BCUT2D eigenvalue weighted by Gasteiger charge is 2.40. The van der Waals surface area contributed by atoms with E-state index in [2.05, 4.69) is 10.3 Å². The van der Waals surface area contributed by atoms with Crippen molar-refractivity contribution in [2.75, 3.05) is 0 Å². The first-order chi connectivity index (χ1) is 13.2. The molecular weight excluding hydrogens is 379 g/mol. The van der Waals surface area contributed by atoms with Gasteiger partial charge in [-0.15, -0.1) is 4.83 Å². The Hall–Kier alpha value is -2.25. The first-order valence-electron chi connectivity index (χ1n) is 9.41. The molecule has 1 aliphatic rings. The van der Waals surface area contributed by atoms with Gasteiger partial charge in [0, 0.05) is 0 Å². The summed E-state index contributed by atoms with van der Waals surface area (Å²) in [7, 11) is -3.78. The van der Waals surface area contributed by atoms with E-state index in [9.17, 15) is 17.6 Å². The second-order valence-electron chi connectivity index (χ2n) is 7.59. The van der Waals surface area contributed by atoms with E-state index in [4.69, 9.17) is 0 Å². The summed E-state index contributed by atoms with van der Waals surface area (Å²) >= 11 is 0. The van der Waals surface area contributed by atoms with Gasteiger partial charge >= 0.3 is 0 Å². The molecule has 2 aromatic rings. The van der Waals surface area contributed by atoms with Crippen molar-refractivity contribution in [3.05, 3.63) is 59.4 Å². The topological polar surface area (TPSA) is 75.3 Å². The molecule has 28 heavy (non-hydrogen) atoms. The van der Waals surface area contributed by atoms with Gasteiger partial charge in [0.1, 0.15) is 5.82 Å². The minimum absolute atomic E-state index is 0.199. The third-order valence-electron chi connectivity index (χ3n) is 5.47. The molecule has 1 aliphatic carbocycles. The van der Waals surface area contributed by atoms with Crippen LogP contribution in [0, 0.1) is 12.7 Å². The van der Waals surface area contributed by atoms with Gasteiger partial charge in [0.25, 0.3) is 5.91 Å². The number of aryl methyl sites for hydroxylation is 1. The fourth-order valence-electron chi connectivity index (χ4n) is 3.60. The standard InChI is InChI=1S/C21H25FN2O3S/c1-15-13-17(16-9-5-3-6-10-16)14-18(19(15)22)20(25)23-24-28(26,27)21(2)11-7-4-8-12-21/h3,5-6,9-10,13-14,24H,4,7-8,11-12H2,1-2H3,(H,23,25). The number of hydrazine groups is 1. The highest BCUT2D eigenvalue weighted by Crippen LogP contribution is 2.34. The van der Waals surface area contributed by atoms with Crippen LogP contribution in [0.5, 0.6) is 0 Å². The molecule has 0 aromatic heterocycles. The van der Waals surface area contributed by atoms with Gasteiger partial charge in [0.2, 0.25) is 10.0 Å². The SMILES string of the molecule is Cc1cc(-c2ccccc2)cc(C(=O)NNS(=O)(=O)C2(C)CCCCC2)c1F. The summed E-state index contributed by atoms with van der Waals surface area (Å²) in [6.45, 7) is 3.26. The van der Waals surface area contributed by atoms with Gasteiger partial charge in [-0.3, -0.25) is 10.2 Å². The van der Waals surface area contributed by atoms with E-state index < -0.39 is 26.5 Å². The summed E-state index contributed by atoms with van der Waals surface area (Å²) in [5.41, 5.74) is 3.84. The zero-order valence-corrected chi connectivity index (χ0v) is 16.9. The van der Waals surface area contributed by atoms with Crippen molar-refractivity contribution in [1.82, 2.24) is 10.3 Å². The van der Waals surface area contributed by atoms with Gasteiger partial charge in [0.05, 0.1) is 10.3 Å². The van der Waals surface area contributed by atoms with E-state index in [1.165, 1.54) is 6.07 Å². The second-order valence-corrected chi connectivity index (χ2v) is 9.79. The maximum atomic E-state index is 14.6. The number of sulfonamides is 1. The van der Waals surface area contributed by atoms with E-state index in [1.807, 2.05) is 30.3 Å². The molecule has 3 rings (SSSR count). The fraction of sp³-hybridized carbons (Fsp3) is 0.381. The second kappa shape index (κ2) is 8.01. The average molecular weight is 405 g/mol. The summed E-state index contributed by atoms with van der Waals surface area (Å²) < 4.78 is 39.0. The molecule has 0 bridgehead atoms. The van der Waals surface area contributed by atoms with Crippen molar-refractivity contribution in [3.63, 3.8) is 0 Å². The van der Waals surface area contributed by atoms with Gasteiger partial charge in [-0.25, -0.2) is 12.8 Å². The largest absolute Gasteiger partial charge is 0.274 e. The third kappa shape index (κ3) is 4.10. The number of hydrogen-bond donors (Lipinski definition) is 2. The number of carbonyl (C=O) groups excluding carboxylic acids is 1. The summed E-state index contributed by atoms with van der Waals surface area (Å²) in [4.78, 5) is 14.7. The molecule has 1 fully saturated rings. The number of carbonyl (C=O) groups is 1. The lowest BCUT2D eigenvalue weighted by Gasteiger charge is -2.32. The molecule has 1 saturated carbocycles. The third-order valence-corrected chi connectivity index (χ3v) is 7.54. The zero-order valence-electron chi connectivity index (χ0n) is 16.1. The molecule has 1 amide bonds. The zero-order chi connectivity index (χ0) is 20.4. The Morgan fingerprint density at radius 2 is 1.68 bits per heavy atom. The molecule has 2 N–H and O–H groups in total. The molecule has 0 heterocycles. The maximum Gasteiger partial charge on any atom is 0.269 e. The average Bonchev–Trinajstić information content (AvgIpc) is 2.69. The van der Waals surface area contributed by atoms with Gasteiger partial charge in [-0.1, -0.05) is 49.6 Å². The number of hydrogen-bond acceptors (Lipinski definition) is 3. The van der Waals surface area contributed by atoms with Gasteiger partial charge in [0.15, 0.2) is 0 Å². The molecule has 7 heteroatoms. The molecule has 2 aromatic carbocycles. The molecule has 5 nitrogen and oxygen atoms in total. The predicted molar refractivity (Wildman–Crippen MR) is 108 cm³/mol. The molecule has 0 radical (unpaired) electrons. The van der Waals surface area contributed by atoms with Crippen molar-refractivity contribution in [2.45, 2.75) is 50.7 Å². The predicted octanol–water partition coefficient (Wildman–Crippen LogP) is 4.09. The minimum atomic E-state index is -3.78. The van der Waals surface area contributed by atoms with Crippen LogP contribution in [0.1, 0.15) is 54.9 Å². The molecule has 0 aliphatic heterocycles. The van der Waals surface area contributed by atoms with Crippen LogP contribution in [0.4, 0.5) is 4.39 Å². The van der Waals surface area contributed by atoms with Crippen molar-refractivity contribution in [1.29, 1.82) is 0 Å². The van der Waals surface area contributed by atoms with Crippen LogP contribution in [0.25, 0.3) is 11.1 Å². The van der Waals surface area contributed by atoms with E-state index >= 15 is 0 Å². The Balaban J connectivity index is 1.82. The summed E-state index contributed by atoms with van der Waals surface area (Å²) in [6, 6.07) is 12.4. The van der Waals surface area contributed by atoms with Gasteiger partial charge < -0.3 is 0 Å². The van der Waals surface area contributed by atoms with E-state index in [1.54, 1.807) is 19.9 Å². The Morgan fingerprint density at radius 3 is 2.32 bits per heavy atom. The Bertz CT molecular complexity index is 969. The lowest BCUT2D eigenvalue weighted by Crippen LogP contribution is -2.52. The van der Waals surface area contributed by atoms with Crippen LogP contribution in [-0.4, -0.2) is 19.1 Å². The number of benzene rings is 2. The van der Waals surface area contributed by atoms with Crippen LogP contribution in [0.2, 0.25) is 0 Å². The van der Waals surface area contributed by atoms with E-state index in [0.717, 1.165) is 24.8 Å². The van der Waals surface area contributed by atoms with Crippen molar-refractivity contribution in [2.24, 2.45) is 0 Å².